The summed E-state index contributed by atoms with van der Waals surface area (Å²) in [7, 11) is 0. The van der Waals surface area contributed by atoms with Crippen LogP contribution in [0.25, 0.3) is 0 Å². The molecule has 0 aliphatic rings. The van der Waals surface area contributed by atoms with E-state index in [1.165, 1.54) is 16.7 Å². The highest BCUT2D eigenvalue weighted by molar-refractivity contribution is 5.41. The monoisotopic (exact) mass is 214 g/mol. The van der Waals surface area contributed by atoms with E-state index in [9.17, 15) is 0 Å². The van der Waals surface area contributed by atoms with E-state index < -0.39 is 0 Å². The molecule has 0 aliphatic heterocycles. The smallest absolute Gasteiger partial charge is 0.00757 e. The first kappa shape index (κ1) is 14.4. The van der Waals surface area contributed by atoms with Gasteiger partial charge in [0.15, 0.2) is 0 Å². The summed E-state index contributed by atoms with van der Waals surface area (Å²) in [5, 5.41) is 0. The summed E-state index contributed by atoms with van der Waals surface area (Å²) in [4.78, 5) is 0. The summed E-state index contributed by atoms with van der Waals surface area (Å²) in [5.41, 5.74) is 4.64. The lowest BCUT2D eigenvalue weighted by atomic mass is 10.0. The Balaban J connectivity index is 4.74. The van der Waals surface area contributed by atoms with Gasteiger partial charge >= 0.3 is 0 Å². The summed E-state index contributed by atoms with van der Waals surface area (Å²) < 4.78 is 0. The Hall–Kier alpha value is -1.56. The Morgan fingerprint density at radius 2 is 1.81 bits per heavy atom. The minimum Gasteiger partial charge on any atom is -0.0998 e. The molecule has 0 N–H and O–H groups in total. The molecule has 0 saturated carbocycles. The first-order valence-corrected chi connectivity index (χ1v) is 5.47. The first-order valence-electron chi connectivity index (χ1n) is 5.47. The van der Waals surface area contributed by atoms with Gasteiger partial charge in [-0.1, -0.05) is 55.7 Å². The number of hydrogen-bond acceptors (Lipinski definition) is 0. The molecule has 0 saturated heterocycles. The lowest BCUT2D eigenvalue weighted by Crippen LogP contribution is -1.85. The molecule has 0 aromatic carbocycles. The maximum atomic E-state index is 4.01. The minimum absolute atomic E-state index is 0.923. The first-order chi connectivity index (χ1) is 7.51. The quantitative estimate of drug-likeness (QED) is 0.424. The molecule has 0 heteroatoms. The molecular weight excluding hydrogens is 192 g/mol. The second-order valence-electron chi connectivity index (χ2n) is 3.94. The Kier molecular flexibility index (Phi) is 6.95. The molecular formula is C16H22. The summed E-state index contributed by atoms with van der Waals surface area (Å²) >= 11 is 0. The average molecular weight is 214 g/mol. The highest BCUT2D eigenvalue weighted by Crippen LogP contribution is 2.16. The molecule has 0 amide bonds. The van der Waals surface area contributed by atoms with Gasteiger partial charge in [-0.25, -0.2) is 0 Å². The number of rotatable bonds is 6. The standard InChI is InChI=1S/C16H22/c1-7-9-10-14(5)15(6)12-16(8-2)11-13(3)4/h7-10,12H,1,3,5,11H2,2,4,6H3/b10-9-,15-12-,16-8-. The molecule has 0 nitrogen and oxygen atoms in total. The van der Waals surface area contributed by atoms with E-state index in [1.54, 1.807) is 6.08 Å². The van der Waals surface area contributed by atoms with E-state index in [2.05, 4.69) is 38.8 Å². The van der Waals surface area contributed by atoms with Crippen molar-refractivity contribution in [2.24, 2.45) is 0 Å². The van der Waals surface area contributed by atoms with Crippen LogP contribution in [0, 0.1) is 0 Å². The molecule has 0 atom stereocenters. The van der Waals surface area contributed by atoms with Gasteiger partial charge in [0.1, 0.15) is 0 Å². The van der Waals surface area contributed by atoms with Crippen molar-refractivity contribution in [3.05, 3.63) is 72.4 Å². The zero-order chi connectivity index (χ0) is 12.6. The zero-order valence-electron chi connectivity index (χ0n) is 10.7. The molecule has 0 aliphatic carbocycles. The molecule has 86 valence electrons. The van der Waals surface area contributed by atoms with E-state index >= 15 is 0 Å². The lowest BCUT2D eigenvalue weighted by Gasteiger charge is -2.04. The third-order valence-corrected chi connectivity index (χ3v) is 2.22. The summed E-state index contributed by atoms with van der Waals surface area (Å²) in [6, 6.07) is 0. The van der Waals surface area contributed by atoms with Crippen LogP contribution in [-0.2, 0) is 0 Å². The van der Waals surface area contributed by atoms with Crippen molar-refractivity contribution in [2.45, 2.75) is 27.2 Å². The molecule has 0 aromatic rings. The van der Waals surface area contributed by atoms with Crippen molar-refractivity contribution in [1.82, 2.24) is 0 Å². The van der Waals surface area contributed by atoms with Gasteiger partial charge in [0, 0.05) is 0 Å². The molecule has 0 bridgehead atoms. The SMILES string of the molecule is C=C/C=C\C(=C)/C(C)=C\C(=C/C)CC(=C)C. The Bertz CT molecular complexity index is 359. The zero-order valence-corrected chi connectivity index (χ0v) is 10.7. The van der Waals surface area contributed by atoms with Crippen LogP contribution in [0.2, 0.25) is 0 Å². The van der Waals surface area contributed by atoms with Gasteiger partial charge in [-0.05, 0) is 43.9 Å². The van der Waals surface area contributed by atoms with Crippen LogP contribution in [-0.4, -0.2) is 0 Å². The van der Waals surface area contributed by atoms with Crippen LogP contribution in [0.3, 0.4) is 0 Å². The van der Waals surface area contributed by atoms with Crippen molar-refractivity contribution in [3.63, 3.8) is 0 Å². The predicted molar refractivity (Wildman–Crippen MR) is 75.4 cm³/mol. The van der Waals surface area contributed by atoms with E-state index in [0.717, 1.165) is 12.0 Å². The van der Waals surface area contributed by atoms with Crippen molar-refractivity contribution < 1.29 is 0 Å². The van der Waals surface area contributed by atoms with Crippen molar-refractivity contribution in [2.75, 3.05) is 0 Å². The molecule has 0 fully saturated rings. The van der Waals surface area contributed by atoms with Gasteiger partial charge in [0.2, 0.25) is 0 Å². The molecule has 0 unspecified atom stereocenters. The highest BCUT2D eigenvalue weighted by Gasteiger charge is 1.96. The van der Waals surface area contributed by atoms with Crippen LogP contribution >= 0.6 is 0 Å². The molecule has 0 rings (SSSR count). The molecule has 0 heterocycles. The fraction of sp³-hybridized carbons (Fsp3) is 0.250. The summed E-state index contributed by atoms with van der Waals surface area (Å²) in [5.74, 6) is 0. The van der Waals surface area contributed by atoms with E-state index in [1.807, 2.05) is 26.0 Å². The fourth-order valence-corrected chi connectivity index (χ4v) is 1.27. The Morgan fingerprint density at radius 1 is 1.19 bits per heavy atom. The van der Waals surface area contributed by atoms with Crippen LogP contribution < -0.4 is 0 Å². The second-order valence-corrected chi connectivity index (χ2v) is 3.94. The molecule has 0 spiro atoms. The third kappa shape index (κ3) is 6.02. The van der Waals surface area contributed by atoms with Crippen molar-refractivity contribution in [1.29, 1.82) is 0 Å². The van der Waals surface area contributed by atoms with Gasteiger partial charge in [-0.15, -0.1) is 0 Å². The van der Waals surface area contributed by atoms with Crippen molar-refractivity contribution >= 4 is 0 Å². The van der Waals surface area contributed by atoms with Crippen LogP contribution in [0.4, 0.5) is 0 Å². The molecule has 16 heavy (non-hydrogen) atoms. The van der Waals surface area contributed by atoms with Gasteiger partial charge in [-0.2, -0.15) is 0 Å². The van der Waals surface area contributed by atoms with Gasteiger partial charge < -0.3 is 0 Å². The maximum Gasteiger partial charge on any atom is -0.00757 e. The van der Waals surface area contributed by atoms with Crippen molar-refractivity contribution in [3.8, 4) is 0 Å². The average Bonchev–Trinajstić information content (AvgIpc) is 2.23. The van der Waals surface area contributed by atoms with Crippen LogP contribution in [0.1, 0.15) is 27.2 Å². The van der Waals surface area contributed by atoms with E-state index in [-0.39, 0.29) is 0 Å². The second kappa shape index (κ2) is 7.70. The van der Waals surface area contributed by atoms with Gasteiger partial charge in [0.05, 0.1) is 0 Å². The predicted octanol–water partition coefficient (Wildman–Crippen LogP) is 5.14. The van der Waals surface area contributed by atoms with E-state index in [4.69, 9.17) is 0 Å². The topological polar surface area (TPSA) is 0 Å². The normalized spacial score (nSPS) is 12.9. The maximum absolute atomic E-state index is 4.01. The lowest BCUT2D eigenvalue weighted by molar-refractivity contribution is 1.15. The third-order valence-electron chi connectivity index (χ3n) is 2.22. The van der Waals surface area contributed by atoms with E-state index in [0.29, 0.717) is 0 Å². The Morgan fingerprint density at radius 3 is 2.25 bits per heavy atom. The fourth-order valence-electron chi connectivity index (χ4n) is 1.27. The largest absolute Gasteiger partial charge is 0.0998 e. The molecule has 0 radical (unpaired) electrons. The Labute approximate surface area is 100 Å². The minimum atomic E-state index is 0.923. The summed E-state index contributed by atoms with van der Waals surface area (Å²) in [6.07, 6.45) is 10.8. The highest BCUT2D eigenvalue weighted by atomic mass is 14.0. The molecule has 0 aromatic heterocycles. The number of hydrogen-bond donors (Lipinski definition) is 0. The van der Waals surface area contributed by atoms with Gasteiger partial charge in [-0.3, -0.25) is 0 Å². The summed E-state index contributed by atoms with van der Waals surface area (Å²) in [6.45, 7) is 17.7. The van der Waals surface area contributed by atoms with Crippen LogP contribution in [0.5, 0.6) is 0 Å². The van der Waals surface area contributed by atoms with Crippen LogP contribution in [0.15, 0.2) is 72.4 Å². The van der Waals surface area contributed by atoms with Gasteiger partial charge in [0.25, 0.3) is 0 Å². The number of allylic oxidation sites excluding steroid dienone is 9.